The quantitative estimate of drug-likeness (QED) is 0.706. The molecule has 0 saturated heterocycles. The summed E-state index contributed by atoms with van der Waals surface area (Å²) in [6, 6.07) is 6.84. The number of carbonyl (C=O) groups excluding carboxylic acids is 2. The fourth-order valence-corrected chi connectivity index (χ4v) is 3.39. The zero-order chi connectivity index (χ0) is 18.4. The number of hydrogen-bond donors (Lipinski definition) is 1. The standard InChI is InChI=1S/C19H14O7/c1-24-19(23)14-11-8-9(20)6-7-10(11)16-17(15(14)18(21)22)26-13-5-3-2-4-12(13)25-16/h2-5H,6-8H2,1H3,(H,21,22). The van der Waals surface area contributed by atoms with Crippen molar-refractivity contribution < 1.29 is 33.7 Å². The predicted octanol–water partition coefficient (Wildman–Crippen LogP) is 3.13. The van der Waals surface area contributed by atoms with E-state index in [1.54, 1.807) is 24.3 Å². The molecule has 2 aliphatic rings. The maximum atomic E-state index is 12.4. The highest BCUT2D eigenvalue weighted by atomic mass is 16.6. The van der Waals surface area contributed by atoms with Gasteiger partial charge in [0.25, 0.3) is 0 Å². The fourth-order valence-electron chi connectivity index (χ4n) is 3.39. The first kappa shape index (κ1) is 16.1. The topological polar surface area (TPSA) is 99.1 Å². The molecule has 0 bridgehead atoms. The van der Waals surface area contributed by atoms with Gasteiger partial charge in [-0.05, 0) is 24.1 Å². The average Bonchev–Trinajstić information content (AvgIpc) is 2.64. The maximum absolute atomic E-state index is 12.4. The summed E-state index contributed by atoms with van der Waals surface area (Å²) >= 11 is 0. The molecule has 1 aliphatic carbocycles. The van der Waals surface area contributed by atoms with E-state index in [0.29, 0.717) is 29.0 Å². The first-order valence-electron chi connectivity index (χ1n) is 8.01. The summed E-state index contributed by atoms with van der Waals surface area (Å²) in [5, 5.41) is 9.75. The first-order chi connectivity index (χ1) is 12.5. The number of methoxy groups -OCH3 is 1. The molecule has 2 aromatic rings. The minimum Gasteiger partial charge on any atom is -0.478 e. The molecular formula is C19H14O7. The number of benzene rings is 2. The number of ketones is 1. The number of ether oxygens (including phenoxy) is 3. The Labute approximate surface area is 148 Å². The van der Waals surface area contributed by atoms with Crippen molar-refractivity contribution in [1.82, 2.24) is 0 Å². The summed E-state index contributed by atoms with van der Waals surface area (Å²) in [5.74, 6) is -1.24. The second-order valence-electron chi connectivity index (χ2n) is 6.03. The van der Waals surface area contributed by atoms with Crippen molar-refractivity contribution in [2.75, 3.05) is 7.11 Å². The van der Waals surface area contributed by atoms with Gasteiger partial charge in [-0.15, -0.1) is 0 Å². The van der Waals surface area contributed by atoms with Crippen LogP contribution in [-0.2, 0) is 22.4 Å². The minimum absolute atomic E-state index is 0.0373. The Hall–Kier alpha value is -3.35. The molecule has 26 heavy (non-hydrogen) atoms. The van der Waals surface area contributed by atoms with Crippen LogP contribution >= 0.6 is 0 Å². The third-order valence-corrected chi connectivity index (χ3v) is 4.53. The van der Waals surface area contributed by atoms with E-state index in [1.807, 2.05) is 0 Å². The molecule has 0 unspecified atom stereocenters. The number of aromatic carboxylic acids is 1. The van der Waals surface area contributed by atoms with E-state index in [1.165, 1.54) is 0 Å². The van der Waals surface area contributed by atoms with Crippen LogP contribution in [0.2, 0.25) is 0 Å². The van der Waals surface area contributed by atoms with E-state index < -0.39 is 11.9 Å². The Morgan fingerprint density at radius 3 is 2.27 bits per heavy atom. The van der Waals surface area contributed by atoms with Crippen molar-refractivity contribution in [3.8, 4) is 23.0 Å². The molecule has 132 valence electrons. The van der Waals surface area contributed by atoms with Gasteiger partial charge in [0.2, 0.25) is 0 Å². The molecule has 4 rings (SSSR count). The highest BCUT2D eigenvalue weighted by Gasteiger charge is 2.38. The summed E-state index contributed by atoms with van der Waals surface area (Å²) < 4.78 is 16.5. The van der Waals surface area contributed by atoms with Gasteiger partial charge in [0, 0.05) is 18.4 Å². The molecule has 0 saturated carbocycles. The average molecular weight is 354 g/mol. The third-order valence-electron chi connectivity index (χ3n) is 4.53. The monoisotopic (exact) mass is 354 g/mol. The number of esters is 1. The minimum atomic E-state index is -1.36. The van der Waals surface area contributed by atoms with Crippen molar-refractivity contribution in [2.24, 2.45) is 0 Å². The van der Waals surface area contributed by atoms with Gasteiger partial charge in [0.05, 0.1) is 12.7 Å². The normalized spacial score (nSPS) is 14.3. The largest absolute Gasteiger partial charge is 0.478 e. The van der Waals surface area contributed by atoms with Crippen molar-refractivity contribution in [3.05, 3.63) is 46.5 Å². The van der Waals surface area contributed by atoms with Crippen molar-refractivity contribution in [2.45, 2.75) is 19.3 Å². The lowest BCUT2D eigenvalue weighted by molar-refractivity contribution is -0.118. The highest BCUT2D eigenvalue weighted by molar-refractivity contribution is 6.08. The molecule has 1 heterocycles. The van der Waals surface area contributed by atoms with E-state index in [0.717, 1.165) is 7.11 Å². The third kappa shape index (κ3) is 2.32. The molecule has 0 fully saturated rings. The number of rotatable bonds is 2. The van der Waals surface area contributed by atoms with Gasteiger partial charge in [0.1, 0.15) is 11.3 Å². The van der Waals surface area contributed by atoms with Crippen LogP contribution in [0, 0.1) is 0 Å². The summed E-state index contributed by atoms with van der Waals surface area (Å²) in [6.45, 7) is 0. The van der Waals surface area contributed by atoms with E-state index in [2.05, 4.69) is 0 Å². The number of carboxylic acid groups (broad SMARTS) is 1. The van der Waals surface area contributed by atoms with Crippen molar-refractivity contribution >= 4 is 17.7 Å². The Balaban J connectivity index is 2.05. The summed E-state index contributed by atoms with van der Waals surface area (Å²) in [6.07, 6.45) is 0.585. The SMILES string of the molecule is COC(=O)c1c2c(c3c(c1C(=O)O)Oc1ccccc1O3)CCC(=O)C2. The van der Waals surface area contributed by atoms with Gasteiger partial charge in [-0.3, -0.25) is 4.79 Å². The Bertz CT molecular complexity index is 974. The highest BCUT2D eigenvalue weighted by Crippen LogP contribution is 2.52. The Morgan fingerprint density at radius 2 is 1.65 bits per heavy atom. The lowest BCUT2D eigenvalue weighted by atomic mass is 9.83. The number of Topliss-reactive ketones (excluding diaryl/α,β-unsaturated/α-hetero) is 1. The van der Waals surface area contributed by atoms with Crippen LogP contribution in [0.3, 0.4) is 0 Å². The van der Waals surface area contributed by atoms with Gasteiger partial charge in [-0.2, -0.15) is 0 Å². The van der Waals surface area contributed by atoms with Crippen LogP contribution in [0.4, 0.5) is 0 Å². The molecule has 2 aromatic carbocycles. The smallest absolute Gasteiger partial charge is 0.340 e. The predicted molar refractivity (Wildman–Crippen MR) is 88.4 cm³/mol. The maximum Gasteiger partial charge on any atom is 0.340 e. The van der Waals surface area contributed by atoms with E-state index >= 15 is 0 Å². The van der Waals surface area contributed by atoms with Gasteiger partial charge in [0.15, 0.2) is 23.0 Å². The van der Waals surface area contributed by atoms with E-state index in [-0.39, 0.29) is 41.3 Å². The van der Waals surface area contributed by atoms with Crippen LogP contribution in [0.5, 0.6) is 23.0 Å². The molecule has 0 atom stereocenters. The van der Waals surface area contributed by atoms with E-state index in [4.69, 9.17) is 14.2 Å². The second-order valence-corrected chi connectivity index (χ2v) is 6.03. The lowest BCUT2D eigenvalue weighted by Crippen LogP contribution is -2.23. The van der Waals surface area contributed by atoms with Gasteiger partial charge in [-0.1, -0.05) is 12.1 Å². The van der Waals surface area contributed by atoms with Crippen LogP contribution in [0.1, 0.15) is 38.3 Å². The molecule has 1 N–H and O–H groups in total. The van der Waals surface area contributed by atoms with Crippen LogP contribution < -0.4 is 9.47 Å². The van der Waals surface area contributed by atoms with Gasteiger partial charge >= 0.3 is 11.9 Å². The van der Waals surface area contributed by atoms with Crippen LogP contribution in [0.15, 0.2) is 24.3 Å². The zero-order valence-electron chi connectivity index (χ0n) is 13.8. The molecule has 7 nitrogen and oxygen atoms in total. The number of carboxylic acids is 1. The van der Waals surface area contributed by atoms with Gasteiger partial charge in [-0.25, -0.2) is 9.59 Å². The summed E-state index contributed by atoms with van der Waals surface area (Å²) in [7, 11) is 1.16. The molecule has 0 spiro atoms. The summed E-state index contributed by atoms with van der Waals surface area (Å²) in [4.78, 5) is 36.3. The van der Waals surface area contributed by atoms with Crippen molar-refractivity contribution in [3.63, 3.8) is 0 Å². The van der Waals surface area contributed by atoms with E-state index in [9.17, 15) is 19.5 Å². The van der Waals surface area contributed by atoms with Crippen LogP contribution in [0.25, 0.3) is 0 Å². The Morgan fingerprint density at radius 1 is 1.00 bits per heavy atom. The molecule has 0 amide bonds. The van der Waals surface area contributed by atoms with Crippen molar-refractivity contribution in [1.29, 1.82) is 0 Å². The fraction of sp³-hybridized carbons (Fsp3) is 0.211. The number of para-hydroxylation sites is 2. The zero-order valence-corrected chi connectivity index (χ0v) is 13.8. The molecular weight excluding hydrogens is 340 g/mol. The second kappa shape index (κ2) is 5.87. The number of carbonyl (C=O) groups is 3. The first-order valence-corrected chi connectivity index (χ1v) is 8.01. The molecule has 0 aromatic heterocycles. The molecule has 7 heteroatoms. The molecule has 1 aliphatic heterocycles. The Kier molecular flexibility index (Phi) is 3.64. The molecule has 0 radical (unpaired) electrons. The number of hydrogen-bond acceptors (Lipinski definition) is 6. The van der Waals surface area contributed by atoms with Gasteiger partial charge < -0.3 is 19.3 Å². The summed E-state index contributed by atoms with van der Waals surface area (Å²) in [5.41, 5.74) is 0.450. The number of fused-ring (bicyclic) bond motifs is 4. The lowest BCUT2D eigenvalue weighted by Gasteiger charge is -2.29. The van der Waals surface area contributed by atoms with Crippen LogP contribution in [-0.4, -0.2) is 29.9 Å².